The summed E-state index contributed by atoms with van der Waals surface area (Å²) >= 11 is 0. The summed E-state index contributed by atoms with van der Waals surface area (Å²) in [7, 11) is 16.4. The van der Waals surface area contributed by atoms with Crippen LogP contribution in [0.2, 0.25) is 0 Å². The summed E-state index contributed by atoms with van der Waals surface area (Å²) in [5.74, 6) is 0. The topological polar surface area (TPSA) is 13.0 Å². The minimum Gasteiger partial charge on any atom is -0.378 e. The number of benzene rings is 2. The zero-order valence-corrected chi connectivity index (χ0v) is 18.9. The van der Waals surface area contributed by atoms with Crippen LogP contribution in [0.4, 0.5) is 22.7 Å². The minimum atomic E-state index is 0. The van der Waals surface area contributed by atoms with E-state index < -0.39 is 0 Å². The molecule has 6 heteroatoms. The Bertz CT molecular complexity index is 485. The van der Waals surface area contributed by atoms with E-state index in [0.717, 1.165) is 0 Å². The Labute approximate surface area is 172 Å². The van der Waals surface area contributed by atoms with Gasteiger partial charge in [-0.15, -0.1) is 24.8 Å². The third-order valence-electron chi connectivity index (χ3n) is 3.77. The summed E-state index contributed by atoms with van der Waals surface area (Å²) in [5.41, 5.74) is 4.95. The molecule has 0 heterocycles. The third kappa shape index (κ3) is 8.54. The molecule has 0 bridgehead atoms. The lowest BCUT2D eigenvalue weighted by Crippen LogP contribution is -2.10. The second-order valence-electron chi connectivity index (χ2n) is 6.61. The molecule has 2 rings (SSSR count). The van der Waals surface area contributed by atoms with Crippen molar-refractivity contribution in [3.8, 4) is 0 Å². The van der Waals surface area contributed by atoms with Crippen LogP contribution in [-0.4, -0.2) is 56.4 Å². The van der Waals surface area contributed by atoms with Crippen LogP contribution >= 0.6 is 24.8 Å². The standard InChI is InChI=1S/2C10H16N2.2ClH/c2*1-11(2)9-5-7-10(8-6-9)12(3)4;;/h2*5-8H,1-4H3;2*1H. The maximum Gasteiger partial charge on any atom is 0.0362 e. The molecule has 26 heavy (non-hydrogen) atoms. The van der Waals surface area contributed by atoms with E-state index in [1.54, 1.807) is 0 Å². The van der Waals surface area contributed by atoms with Crippen molar-refractivity contribution in [2.24, 2.45) is 0 Å². The molecule has 0 N–H and O–H groups in total. The molecular weight excluding hydrogens is 367 g/mol. The Morgan fingerprint density at radius 3 is 0.538 bits per heavy atom. The van der Waals surface area contributed by atoms with Gasteiger partial charge in [-0.2, -0.15) is 0 Å². The molecular formula is C20H34Cl2N4. The Kier molecular flexibility index (Phi) is 12.8. The van der Waals surface area contributed by atoms with Crippen LogP contribution in [0, 0.1) is 0 Å². The summed E-state index contributed by atoms with van der Waals surface area (Å²) in [6.07, 6.45) is 0. The molecule has 0 aromatic heterocycles. The average Bonchev–Trinajstić information content (AvgIpc) is 2.55. The molecule has 0 spiro atoms. The first-order valence-electron chi connectivity index (χ1n) is 8.11. The van der Waals surface area contributed by atoms with E-state index in [-0.39, 0.29) is 24.8 Å². The highest BCUT2D eigenvalue weighted by Crippen LogP contribution is 2.17. The van der Waals surface area contributed by atoms with E-state index in [4.69, 9.17) is 0 Å². The molecule has 0 saturated carbocycles. The second kappa shape index (κ2) is 12.6. The lowest BCUT2D eigenvalue weighted by molar-refractivity contribution is 1.11. The molecule has 0 amide bonds. The molecule has 4 nitrogen and oxygen atoms in total. The maximum atomic E-state index is 2.12. The number of anilines is 4. The first kappa shape index (κ1) is 26.4. The normalized spacial score (nSPS) is 8.92. The molecule has 148 valence electrons. The van der Waals surface area contributed by atoms with Crippen LogP contribution in [0.1, 0.15) is 0 Å². The van der Waals surface area contributed by atoms with Crippen LogP contribution in [-0.2, 0) is 0 Å². The number of hydrogen-bond donors (Lipinski definition) is 0. The highest BCUT2D eigenvalue weighted by Gasteiger charge is 1.97. The number of rotatable bonds is 4. The second-order valence-corrected chi connectivity index (χ2v) is 6.61. The average molecular weight is 401 g/mol. The number of nitrogens with zero attached hydrogens (tertiary/aromatic N) is 4. The summed E-state index contributed by atoms with van der Waals surface area (Å²) in [6.45, 7) is 0. The van der Waals surface area contributed by atoms with E-state index >= 15 is 0 Å². The molecule has 0 aliphatic heterocycles. The van der Waals surface area contributed by atoms with Gasteiger partial charge in [0.2, 0.25) is 0 Å². The van der Waals surface area contributed by atoms with Gasteiger partial charge in [0.25, 0.3) is 0 Å². The number of hydrogen-bond acceptors (Lipinski definition) is 4. The highest BCUT2D eigenvalue weighted by atomic mass is 35.5. The summed E-state index contributed by atoms with van der Waals surface area (Å²) in [6, 6.07) is 17.0. The van der Waals surface area contributed by atoms with Gasteiger partial charge in [0.1, 0.15) is 0 Å². The van der Waals surface area contributed by atoms with Crippen molar-refractivity contribution < 1.29 is 0 Å². The fraction of sp³-hybridized carbons (Fsp3) is 0.400. The fourth-order valence-electron chi connectivity index (χ4n) is 2.10. The molecule has 0 saturated heterocycles. The van der Waals surface area contributed by atoms with Crippen LogP contribution in [0.25, 0.3) is 0 Å². The van der Waals surface area contributed by atoms with Gasteiger partial charge in [-0.3, -0.25) is 0 Å². The minimum absolute atomic E-state index is 0. The molecule has 0 unspecified atom stereocenters. The largest absolute Gasteiger partial charge is 0.378 e. The van der Waals surface area contributed by atoms with Crippen LogP contribution in [0.3, 0.4) is 0 Å². The van der Waals surface area contributed by atoms with Gasteiger partial charge in [0, 0.05) is 79.1 Å². The Balaban J connectivity index is 0. The Hall–Kier alpha value is -1.78. The molecule has 0 aliphatic carbocycles. The maximum absolute atomic E-state index is 2.12. The van der Waals surface area contributed by atoms with Gasteiger partial charge in [0.05, 0.1) is 0 Å². The van der Waals surface area contributed by atoms with Crippen molar-refractivity contribution in [1.29, 1.82) is 0 Å². The Morgan fingerprint density at radius 2 is 0.462 bits per heavy atom. The van der Waals surface area contributed by atoms with Gasteiger partial charge >= 0.3 is 0 Å². The van der Waals surface area contributed by atoms with Crippen molar-refractivity contribution in [2.45, 2.75) is 0 Å². The summed E-state index contributed by atoms with van der Waals surface area (Å²) in [4.78, 5) is 8.39. The van der Waals surface area contributed by atoms with Gasteiger partial charge in [-0.1, -0.05) is 0 Å². The van der Waals surface area contributed by atoms with Crippen molar-refractivity contribution in [1.82, 2.24) is 0 Å². The molecule has 2 aromatic carbocycles. The van der Waals surface area contributed by atoms with Gasteiger partial charge in [0.15, 0.2) is 0 Å². The zero-order chi connectivity index (χ0) is 18.3. The smallest absolute Gasteiger partial charge is 0.0362 e. The van der Waals surface area contributed by atoms with Gasteiger partial charge in [-0.25, -0.2) is 0 Å². The van der Waals surface area contributed by atoms with Gasteiger partial charge in [-0.05, 0) is 48.5 Å². The van der Waals surface area contributed by atoms with Crippen LogP contribution in [0.5, 0.6) is 0 Å². The van der Waals surface area contributed by atoms with Crippen molar-refractivity contribution >= 4 is 47.6 Å². The molecule has 0 atom stereocenters. The SMILES string of the molecule is CN(C)c1ccc(N(C)C)cc1.CN(C)c1ccc(N(C)C)cc1.Cl.Cl. The highest BCUT2D eigenvalue weighted by molar-refractivity contribution is 5.85. The molecule has 0 fully saturated rings. The quantitative estimate of drug-likeness (QED) is 0.749. The van der Waals surface area contributed by atoms with Crippen molar-refractivity contribution in [2.75, 3.05) is 76.0 Å². The lowest BCUT2D eigenvalue weighted by atomic mass is 10.2. The predicted octanol–water partition coefficient (Wildman–Crippen LogP) is 4.48. The molecule has 2 aromatic rings. The van der Waals surface area contributed by atoms with Crippen LogP contribution < -0.4 is 19.6 Å². The van der Waals surface area contributed by atoms with E-state index in [9.17, 15) is 0 Å². The van der Waals surface area contributed by atoms with E-state index in [1.807, 2.05) is 56.4 Å². The zero-order valence-electron chi connectivity index (χ0n) is 17.2. The monoisotopic (exact) mass is 400 g/mol. The van der Waals surface area contributed by atoms with Gasteiger partial charge < -0.3 is 19.6 Å². The van der Waals surface area contributed by atoms with Crippen molar-refractivity contribution in [3.63, 3.8) is 0 Å². The molecule has 0 radical (unpaired) electrons. The van der Waals surface area contributed by atoms with Crippen molar-refractivity contribution in [3.05, 3.63) is 48.5 Å². The molecule has 0 aliphatic rings. The van der Waals surface area contributed by atoms with E-state index in [2.05, 4.69) is 68.1 Å². The summed E-state index contributed by atoms with van der Waals surface area (Å²) in [5, 5.41) is 0. The predicted molar refractivity (Wildman–Crippen MR) is 125 cm³/mol. The van der Waals surface area contributed by atoms with Crippen LogP contribution in [0.15, 0.2) is 48.5 Å². The first-order chi connectivity index (χ1) is 11.2. The Morgan fingerprint density at radius 1 is 0.346 bits per heavy atom. The fourth-order valence-corrected chi connectivity index (χ4v) is 2.10. The lowest BCUT2D eigenvalue weighted by Gasteiger charge is -2.16. The van der Waals surface area contributed by atoms with E-state index in [0.29, 0.717) is 0 Å². The number of halogens is 2. The third-order valence-corrected chi connectivity index (χ3v) is 3.77. The van der Waals surface area contributed by atoms with E-state index in [1.165, 1.54) is 22.7 Å². The summed E-state index contributed by atoms with van der Waals surface area (Å²) < 4.78 is 0. The first-order valence-corrected chi connectivity index (χ1v) is 8.11.